The van der Waals surface area contributed by atoms with E-state index in [2.05, 4.69) is 31.1 Å². The fraction of sp³-hybridized carbons (Fsp3) is 0.250. The molecule has 0 aliphatic heterocycles. The highest BCUT2D eigenvalue weighted by atomic mass is 79.9. The van der Waals surface area contributed by atoms with Crippen LogP contribution in [-0.4, -0.2) is 25.6 Å². The Morgan fingerprint density at radius 2 is 2.25 bits per heavy atom. The van der Waals surface area contributed by atoms with E-state index in [0.29, 0.717) is 40.2 Å². The molecule has 2 aromatic heterocycles. The Morgan fingerprint density at radius 1 is 1.40 bits per heavy atom. The van der Waals surface area contributed by atoms with Crippen LogP contribution in [0.25, 0.3) is 11.0 Å². The predicted octanol–water partition coefficient (Wildman–Crippen LogP) is 3.15. The zero-order chi connectivity index (χ0) is 14.1. The first-order valence-electron chi connectivity index (χ1n) is 5.84. The summed E-state index contributed by atoms with van der Waals surface area (Å²) in [4.78, 5) is 8.46. The van der Waals surface area contributed by atoms with Gasteiger partial charge in [0, 0.05) is 18.4 Å². The lowest BCUT2D eigenvalue weighted by atomic mass is 10.3. The summed E-state index contributed by atoms with van der Waals surface area (Å²) >= 11 is 8.95. The molecule has 0 atom stereocenters. The molecule has 3 rings (SSSR count). The highest BCUT2D eigenvalue weighted by molar-refractivity contribution is 9.10. The molecule has 0 amide bonds. The van der Waals surface area contributed by atoms with Gasteiger partial charge in [-0.3, -0.25) is 0 Å². The van der Waals surface area contributed by atoms with Crippen molar-refractivity contribution in [3.8, 4) is 0 Å². The summed E-state index contributed by atoms with van der Waals surface area (Å²) in [6.07, 6.45) is 1.83. The molecule has 1 aromatic carbocycles. The molecule has 0 saturated carbocycles. The van der Waals surface area contributed by atoms with Crippen molar-refractivity contribution in [2.45, 2.75) is 13.0 Å². The maximum absolute atomic E-state index is 13.7. The van der Waals surface area contributed by atoms with Crippen LogP contribution < -0.4 is 0 Å². The van der Waals surface area contributed by atoms with Gasteiger partial charge in [-0.25, -0.2) is 9.37 Å². The van der Waals surface area contributed by atoms with E-state index in [9.17, 15) is 4.39 Å². The molecule has 2 heterocycles. The van der Waals surface area contributed by atoms with Crippen LogP contribution in [0.5, 0.6) is 0 Å². The van der Waals surface area contributed by atoms with Crippen LogP contribution in [0.1, 0.15) is 11.6 Å². The second-order valence-corrected chi connectivity index (χ2v) is 5.39. The molecule has 3 aromatic rings. The zero-order valence-corrected chi connectivity index (χ0v) is 12.5. The number of alkyl halides is 1. The molecule has 0 fully saturated rings. The SMILES string of the molecule is Fc1cc2c(cc1Br)nc(CCCl)n2Cc1ncon1. The van der Waals surface area contributed by atoms with E-state index < -0.39 is 0 Å². The lowest BCUT2D eigenvalue weighted by molar-refractivity contribution is 0.408. The molecule has 0 aliphatic carbocycles. The summed E-state index contributed by atoms with van der Waals surface area (Å²) < 4.78 is 20.7. The predicted molar refractivity (Wildman–Crippen MR) is 75.2 cm³/mol. The first-order chi connectivity index (χ1) is 9.69. The smallest absolute Gasteiger partial charge is 0.213 e. The second kappa shape index (κ2) is 5.49. The van der Waals surface area contributed by atoms with E-state index in [1.54, 1.807) is 6.07 Å². The van der Waals surface area contributed by atoms with Gasteiger partial charge in [-0.1, -0.05) is 5.16 Å². The maximum Gasteiger partial charge on any atom is 0.213 e. The van der Waals surface area contributed by atoms with E-state index in [0.717, 1.165) is 5.82 Å². The molecular formula is C12H9BrClFN4O. The average molecular weight is 360 g/mol. The number of imidazole rings is 1. The Morgan fingerprint density at radius 3 is 2.95 bits per heavy atom. The summed E-state index contributed by atoms with van der Waals surface area (Å²) in [6.45, 7) is 0.361. The van der Waals surface area contributed by atoms with Gasteiger partial charge in [-0.05, 0) is 22.0 Å². The summed E-state index contributed by atoms with van der Waals surface area (Å²) in [5.74, 6) is 1.35. The monoisotopic (exact) mass is 358 g/mol. The van der Waals surface area contributed by atoms with Crippen LogP contribution in [-0.2, 0) is 13.0 Å². The van der Waals surface area contributed by atoms with Crippen molar-refractivity contribution >= 4 is 38.6 Å². The van der Waals surface area contributed by atoms with Crippen LogP contribution in [0.3, 0.4) is 0 Å². The Hall–Kier alpha value is -1.47. The van der Waals surface area contributed by atoms with E-state index in [-0.39, 0.29) is 5.82 Å². The summed E-state index contributed by atoms with van der Waals surface area (Å²) in [7, 11) is 0. The van der Waals surface area contributed by atoms with Crippen LogP contribution in [0.4, 0.5) is 4.39 Å². The molecule has 20 heavy (non-hydrogen) atoms. The number of halogens is 3. The topological polar surface area (TPSA) is 56.7 Å². The molecule has 0 aliphatic rings. The number of nitrogens with zero attached hydrogens (tertiary/aromatic N) is 4. The second-order valence-electron chi connectivity index (χ2n) is 4.16. The quantitative estimate of drug-likeness (QED) is 0.672. The van der Waals surface area contributed by atoms with Gasteiger partial charge in [0.15, 0.2) is 5.82 Å². The molecule has 0 saturated heterocycles. The van der Waals surface area contributed by atoms with Crippen LogP contribution >= 0.6 is 27.5 Å². The number of aryl methyl sites for hydroxylation is 1. The fourth-order valence-corrected chi connectivity index (χ4v) is 2.53. The van der Waals surface area contributed by atoms with Gasteiger partial charge < -0.3 is 9.09 Å². The third kappa shape index (κ3) is 2.43. The first kappa shape index (κ1) is 13.5. The highest BCUT2D eigenvalue weighted by Gasteiger charge is 2.15. The van der Waals surface area contributed by atoms with Gasteiger partial charge in [-0.2, -0.15) is 4.98 Å². The molecule has 5 nitrogen and oxygen atoms in total. The lowest BCUT2D eigenvalue weighted by Crippen LogP contribution is -2.07. The minimum Gasteiger partial charge on any atom is -0.343 e. The highest BCUT2D eigenvalue weighted by Crippen LogP contribution is 2.25. The minimum atomic E-state index is -0.343. The van der Waals surface area contributed by atoms with Gasteiger partial charge in [0.2, 0.25) is 6.39 Å². The minimum absolute atomic E-state index is 0.343. The van der Waals surface area contributed by atoms with Crippen molar-refractivity contribution in [1.82, 2.24) is 19.7 Å². The Kier molecular flexibility index (Phi) is 3.71. The third-order valence-electron chi connectivity index (χ3n) is 2.89. The normalized spacial score (nSPS) is 11.3. The van der Waals surface area contributed by atoms with Crippen molar-refractivity contribution in [3.63, 3.8) is 0 Å². The summed E-state index contributed by atoms with van der Waals surface area (Å²) in [5, 5.41) is 3.77. The standard InChI is InChI=1S/C12H9BrClFN4O/c13-7-3-9-10(4-8(7)15)19(12(17-9)1-2-14)5-11-16-6-20-18-11/h3-4,6H,1-2,5H2. The van der Waals surface area contributed by atoms with E-state index in [1.165, 1.54) is 12.5 Å². The number of benzene rings is 1. The van der Waals surface area contributed by atoms with Crippen molar-refractivity contribution in [3.05, 3.63) is 40.5 Å². The largest absolute Gasteiger partial charge is 0.343 e. The lowest BCUT2D eigenvalue weighted by Gasteiger charge is -2.05. The number of fused-ring (bicyclic) bond motifs is 1. The zero-order valence-electron chi connectivity index (χ0n) is 10.2. The van der Waals surface area contributed by atoms with Crippen molar-refractivity contribution in [1.29, 1.82) is 0 Å². The summed E-state index contributed by atoms with van der Waals surface area (Å²) in [5.41, 5.74) is 1.37. The molecular weight excluding hydrogens is 351 g/mol. The van der Waals surface area contributed by atoms with Gasteiger partial charge in [0.1, 0.15) is 11.6 Å². The molecule has 0 N–H and O–H groups in total. The van der Waals surface area contributed by atoms with Crippen LogP contribution in [0.15, 0.2) is 27.5 Å². The van der Waals surface area contributed by atoms with Crippen molar-refractivity contribution in [2.24, 2.45) is 0 Å². The van der Waals surface area contributed by atoms with Crippen molar-refractivity contribution < 1.29 is 8.91 Å². The van der Waals surface area contributed by atoms with Crippen molar-refractivity contribution in [2.75, 3.05) is 5.88 Å². The number of hydrogen-bond acceptors (Lipinski definition) is 4. The number of aromatic nitrogens is 4. The third-order valence-corrected chi connectivity index (χ3v) is 3.69. The van der Waals surface area contributed by atoms with Crippen LogP contribution in [0, 0.1) is 5.82 Å². The van der Waals surface area contributed by atoms with Gasteiger partial charge >= 0.3 is 0 Å². The number of hydrogen-bond donors (Lipinski definition) is 0. The number of rotatable bonds is 4. The summed E-state index contributed by atoms with van der Waals surface area (Å²) in [6, 6.07) is 3.08. The molecule has 0 radical (unpaired) electrons. The molecule has 8 heteroatoms. The first-order valence-corrected chi connectivity index (χ1v) is 7.17. The van der Waals surface area contributed by atoms with E-state index >= 15 is 0 Å². The van der Waals surface area contributed by atoms with E-state index in [1.807, 2.05) is 4.57 Å². The van der Waals surface area contributed by atoms with Gasteiger partial charge in [0.05, 0.1) is 22.1 Å². The Labute approximate surface area is 126 Å². The molecule has 104 valence electrons. The van der Waals surface area contributed by atoms with Crippen LogP contribution in [0.2, 0.25) is 0 Å². The van der Waals surface area contributed by atoms with E-state index in [4.69, 9.17) is 16.1 Å². The maximum atomic E-state index is 13.7. The molecule has 0 bridgehead atoms. The van der Waals surface area contributed by atoms with Gasteiger partial charge in [0.25, 0.3) is 0 Å². The van der Waals surface area contributed by atoms with Gasteiger partial charge in [-0.15, -0.1) is 11.6 Å². The molecule has 0 unspecified atom stereocenters. The fourth-order valence-electron chi connectivity index (χ4n) is 2.03. The Balaban J connectivity index is 2.15. The molecule has 0 spiro atoms. The average Bonchev–Trinajstić information content (AvgIpc) is 3.02. The Bertz CT molecular complexity index is 744.